The number of rotatable bonds is 5. The van der Waals surface area contributed by atoms with Gasteiger partial charge in [-0.05, 0) is 24.3 Å². The Balaban J connectivity index is 1.59. The zero-order valence-corrected chi connectivity index (χ0v) is 10.8. The summed E-state index contributed by atoms with van der Waals surface area (Å²) in [5.74, 6) is 0. The van der Waals surface area contributed by atoms with Gasteiger partial charge in [-0.1, -0.05) is 11.8 Å². The van der Waals surface area contributed by atoms with Gasteiger partial charge in [0.15, 0.2) is 5.16 Å². The highest BCUT2D eigenvalue weighted by Gasteiger charge is 2.00. The molecule has 0 radical (unpaired) electrons. The fourth-order valence-corrected chi connectivity index (χ4v) is 2.27. The average molecular weight is 272 g/mol. The van der Waals surface area contributed by atoms with E-state index in [2.05, 4.69) is 30.5 Å². The van der Waals surface area contributed by atoms with Gasteiger partial charge in [-0.2, -0.15) is 5.10 Å². The van der Waals surface area contributed by atoms with Crippen LogP contribution in [0.4, 0.5) is 5.69 Å². The van der Waals surface area contributed by atoms with Crippen molar-refractivity contribution in [3.05, 3.63) is 48.8 Å². The van der Waals surface area contributed by atoms with Crippen LogP contribution in [0.5, 0.6) is 0 Å². The molecule has 0 saturated carbocycles. The van der Waals surface area contributed by atoms with Crippen molar-refractivity contribution < 1.29 is 0 Å². The Bertz CT molecular complexity index is 602. The van der Waals surface area contributed by atoms with Crippen molar-refractivity contribution in [1.82, 2.24) is 25.1 Å². The lowest BCUT2D eigenvalue weighted by atomic mass is 10.3. The second-order valence-electron chi connectivity index (χ2n) is 3.85. The average Bonchev–Trinajstić information content (AvgIpc) is 3.11. The number of anilines is 1. The number of H-pyrrole nitrogens is 2. The molecule has 0 aliphatic carbocycles. The molecule has 3 rings (SSSR count). The lowest BCUT2D eigenvalue weighted by Crippen LogP contribution is -1.99. The standard InChI is InChI=1S/C12H12N6S/c1-3-11(19-12-16-8-17-18-12)4-2-9(1)14-6-10-5-13-7-15-10/h1-5,7-8,14H,6H2,(H,13,15)(H,16,17,18). The summed E-state index contributed by atoms with van der Waals surface area (Å²) < 4.78 is 0. The van der Waals surface area contributed by atoms with Gasteiger partial charge in [-0.15, -0.1) is 0 Å². The van der Waals surface area contributed by atoms with Gasteiger partial charge in [0.05, 0.1) is 18.6 Å². The van der Waals surface area contributed by atoms with E-state index in [1.807, 2.05) is 24.3 Å². The Morgan fingerprint density at radius 1 is 1.21 bits per heavy atom. The molecular weight excluding hydrogens is 260 g/mol. The fraction of sp³-hybridized carbons (Fsp3) is 0.0833. The molecule has 0 unspecified atom stereocenters. The zero-order valence-electron chi connectivity index (χ0n) is 10.00. The number of imidazole rings is 1. The molecule has 2 aromatic heterocycles. The first-order valence-corrected chi connectivity index (χ1v) is 6.56. The lowest BCUT2D eigenvalue weighted by molar-refractivity contribution is 0.973. The summed E-state index contributed by atoms with van der Waals surface area (Å²) in [6.07, 6.45) is 4.98. The second kappa shape index (κ2) is 5.57. The van der Waals surface area contributed by atoms with Crippen molar-refractivity contribution in [3.63, 3.8) is 0 Å². The van der Waals surface area contributed by atoms with Crippen LogP contribution in [0.3, 0.4) is 0 Å². The summed E-state index contributed by atoms with van der Waals surface area (Å²) in [7, 11) is 0. The number of nitrogens with zero attached hydrogens (tertiary/aromatic N) is 3. The summed E-state index contributed by atoms with van der Waals surface area (Å²) in [4.78, 5) is 12.2. The highest BCUT2D eigenvalue weighted by atomic mass is 32.2. The summed E-state index contributed by atoms with van der Waals surface area (Å²) in [6, 6.07) is 8.16. The van der Waals surface area contributed by atoms with Gasteiger partial charge in [0, 0.05) is 16.8 Å². The monoisotopic (exact) mass is 272 g/mol. The lowest BCUT2D eigenvalue weighted by Gasteiger charge is -2.05. The van der Waals surface area contributed by atoms with Crippen LogP contribution >= 0.6 is 11.8 Å². The first-order chi connectivity index (χ1) is 9.40. The van der Waals surface area contributed by atoms with E-state index in [1.54, 1.807) is 24.3 Å². The van der Waals surface area contributed by atoms with Crippen LogP contribution in [0.15, 0.2) is 53.2 Å². The van der Waals surface area contributed by atoms with Crippen molar-refractivity contribution in [1.29, 1.82) is 0 Å². The number of aromatic nitrogens is 5. The second-order valence-corrected chi connectivity index (χ2v) is 4.91. The minimum absolute atomic E-state index is 0.731. The van der Waals surface area contributed by atoms with E-state index in [0.717, 1.165) is 28.0 Å². The third-order valence-corrected chi connectivity index (χ3v) is 3.40. The van der Waals surface area contributed by atoms with Crippen LogP contribution in [0.25, 0.3) is 0 Å². The molecule has 0 saturated heterocycles. The largest absolute Gasteiger partial charge is 0.379 e. The summed E-state index contributed by atoms with van der Waals surface area (Å²) in [5, 5.41) is 10.7. The predicted molar refractivity (Wildman–Crippen MR) is 72.9 cm³/mol. The first-order valence-electron chi connectivity index (χ1n) is 5.74. The van der Waals surface area contributed by atoms with E-state index in [-0.39, 0.29) is 0 Å². The SMILES string of the molecule is c1n[nH]c(Sc2ccc(NCc3cnc[nH]3)cc2)n1. The van der Waals surface area contributed by atoms with Crippen LogP contribution in [0.1, 0.15) is 5.69 Å². The molecule has 0 aliphatic heterocycles. The number of hydrogen-bond donors (Lipinski definition) is 3. The highest BCUT2D eigenvalue weighted by molar-refractivity contribution is 7.99. The molecule has 7 heteroatoms. The van der Waals surface area contributed by atoms with Crippen LogP contribution in [-0.4, -0.2) is 25.1 Å². The highest BCUT2D eigenvalue weighted by Crippen LogP contribution is 2.25. The van der Waals surface area contributed by atoms with Gasteiger partial charge in [0.25, 0.3) is 0 Å². The molecule has 0 aliphatic rings. The van der Waals surface area contributed by atoms with Crippen molar-refractivity contribution >= 4 is 17.4 Å². The van der Waals surface area contributed by atoms with Crippen molar-refractivity contribution in [3.8, 4) is 0 Å². The Morgan fingerprint density at radius 2 is 2.11 bits per heavy atom. The molecule has 3 aromatic rings. The molecule has 0 bridgehead atoms. The van der Waals surface area contributed by atoms with E-state index in [0.29, 0.717) is 0 Å². The van der Waals surface area contributed by atoms with Crippen LogP contribution in [0, 0.1) is 0 Å². The quantitative estimate of drug-likeness (QED) is 0.664. The topological polar surface area (TPSA) is 82.3 Å². The first kappa shape index (κ1) is 11.8. The molecule has 0 fully saturated rings. The molecule has 19 heavy (non-hydrogen) atoms. The fourth-order valence-electron chi connectivity index (χ4n) is 1.57. The molecule has 1 aromatic carbocycles. The summed E-state index contributed by atoms with van der Waals surface area (Å²) in [5.41, 5.74) is 2.12. The zero-order chi connectivity index (χ0) is 12.9. The van der Waals surface area contributed by atoms with Gasteiger partial charge in [-0.25, -0.2) is 9.97 Å². The van der Waals surface area contributed by atoms with Crippen LogP contribution in [0.2, 0.25) is 0 Å². The minimum atomic E-state index is 0.731. The van der Waals surface area contributed by atoms with Crippen molar-refractivity contribution in [2.75, 3.05) is 5.32 Å². The Kier molecular flexibility index (Phi) is 3.46. The maximum atomic E-state index is 4.07. The van der Waals surface area contributed by atoms with Crippen molar-refractivity contribution in [2.45, 2.75) is 16.6 Å². The Labute approximate surface area is 114 Å². The molecule has 0 amide bonds. The Morgan fingerprint density at radius 3 is 2.79 bits per heavy atom. The summed E-state index contributed by atoms with van der Waals surface area (Å²) in [6.45, 7) is 0.731. The van der Waals surface area contributed by atoms with E-state index in [1.165, 1.54) is 6.33 Å². The molecule has 0 atom stereocenters. The third-order valence-electron chi connectivity index (χ3n) is 2.50. The van der Waals surface area contributed by atoms with Gasteiger partial charge >= 0.3 is 0 Å². The molecule has 96 valence electrons. The number of hydrogen-bond acceptors (Lipinski definition) is 5. The van der Waals surface area contributed by atoms with Gasteiger partial charge in [0.2, 0.25) is 0 Å². The molecule has 3 N–H and O–H groups in total. The predicted octanol–water partition coefficient (Wildman–Crippen LogP) is 2.29. The third kappa shape index (κ3) is 3.14. The summed E-state index contributed by atoms with van der Waals surface area (Å²) >= 11 is 1.55. The van der Waals surface area contributed by atoms with Crippen LogP contribution in [-0.2, 0) is 6.54 Å². The van der Waals surface area contributed by atoms with Gasteiger partial charge in [-0.3, -0.25) is 5.10 Å². The molecule has 6 nitrogen and oxygen atoms in total. The molecule has 2 heterocycles. The minimum Gasteiger partial charge on any atom is -0.379 e. The maximum absolute atomic E-state index is 4.07. The number of nitrogens with one attached hydrogen (secondary N) is 3. The van der Waals surface area contributed by atoms with Gasteiger partial charge < -0.3 is 10.3 Å². The van der Waals surface area contributed by atoms with E-state index < -0.39 is 0 Å². The maximum Gasteiger partial charge on any atom is 0.188 e. The number of aromatic amines is 2. The smallest absolute Gasteiger partial charge is 0.188 e. The van der Waals surface area contributed by atoms with Crippen molar-refractivity contribution in [2.24, 2.45) is 0 Å². The Hall–Kier alpha value is -2.28. The van der Waals surface area contributed by atoms with Crippen LogP contribution < -0.4 is 5.32 Å². The van der Waals surface area contributed by atoms with Gasteiger partial charge in [0.1, 0.15) is 6.33 Å². The molecule has 0 spiro atoms. The molecular formula is C12H12N6S. The van der Waals surface area contributed by atoms with E-state index in [4.69, 9.17) is 0 Å². The number of benzene rings is 1. The normalized spacial score (nSPS) is 10.5. The van der Waals surface area contributed by atoms with E-state index >= 15 is 0 Å². The van der Waals surface area contributed by atoms with E-state index in [9.17, 15) is 0 Å².